The molecule has 0 atom stereocenters. The van der Waals surface area contributed by atoms with Crippen molar-refractivity contribution in [2.75, 3.05) is 18.4 Å². The van der Waals surface area contributed by atoms with Gasteiger partial charge in [-0.05, 0) is 48.9 Å². The Kier molecular flexibility index (Phi) is 8.86. The van der Waals surface area contributed by atoms with Crippen molar-refractivity contribution < 1.29 is 9.59 Å². The van der Waals surface area contributed by atoms with Crippen LogP contribution in [0.5, 0.6) is 0 Å². The molecule has 9 heteroatoms. The van der Waals surface area contributed by atoms with Gasteiger partial charge in [0.15, 0.2) is 0 Å². The highest BCUT2D eigenvalue weighted by Crippen LogP contribution is 2.29. The van der Waals surface area contributed by atoms with Crippen LogP contribution in [0.2, 0.25) is 15.1 Å². The van der Waals surface area contributed by atoms with Gasteiger partial charge in [0.1, 0.15) is 12.4 Å². The molecule has 0 saturated carbocycles. The summed E-state index contributed by atoms with van der Waals surface area (Å²) in [5, 5.41) is 8.99. The zero-order valence-electron chi connectivity index (χ0n) is 20.2. The van der Waals surface area contributed by atoms with Gasteiger partial charge >= 0.3 is 0 Å². The first-order valence-electron chi connectivity index (χ1n) is 11.4. The van der Waals surface area contributed by atoms with Crippen molar-refractivity contribution in [2.45, 2.75) is 46.0 Å². The van der Waals surface area contributed by atoms with E-state index in [0.717, 1.165) is 18.5 Å². The van der Waals surface area contributed by atoms with Crippen LogP contribution < -0.4 is 5.32 Å². The van der Waals surface area contributed by atoms with Gasteiger partial charge in [0.2, 0.25) is 5.91 Å². The molecule has 1 aromatic heterocycles. The van der Waals surface area contributed by atoms with Crippen LogP contribution in [-0.4, -0.2) is 39.6 Å². The van der Waals surface area contributed by atoms with Gasteiger partial charge in [0, 0.05) is 28.6 Å². The quantitative estimate of drug-likeness (QED) is 0.337. The third-order valence-electron chi connectivity index (χ3n) is 5.39. The Labute approximate surface area is 221 Å². The summed E-state index contributed by atoms with van der Waals surface area (Å²) < 4.78 is 1.62. The number of hydrogen-bond donors (Lipinski definition) is 1. The third-order valence-corrected chi connectivity index (χ3v) is 6.38. The summed E-state index contributed by atoms with van der Waals surface area (Å²) in [6, 6.07) is 13.6. The number of unbranched alkanes of at least 4 members (excludes halogenated alkanes) is 1. The summed E-state index contributed by atoms with van der Waals surface area (Å²) in [6.07, 6.45) is 1.67. The molecule has 0 fully saturated rings. The van der Waals surface area contributed by atoms with E-state index < -0.39 is 0 Å². The molecule has 3 aromatic rings. The first-order valence-corrected chi connectivity index (χ1v) is 12.5. The summed E-state index contributed by atoms with van der Waals surface area (Å²) >= 11 is 18.3. The van der Waals surface area contributed by atoms with Crippen LogP contribution in [0.1, 0.15) is 56.6 Å². The molecule has 1 heterocycles. The molecule has 0 radical (unpaired) electrons. The number of carbonyl (C=O) groups excluding carboxylic acids is 2. The molecule has 0 aliphatic rings. The third kappa shape index (κ3) is 7.00. The SMILES string of the molecule is CCCCN(CC(=O)Nc1cc(C(C)(C)C)nn1-c1ccc(Cl)c(Cl)c1)C(=O)c1ccc(Cl)cc1. The average Bonchev–Trinajstić information content (AvgIpc) is 3.22. The number of carbonyl (C=O) groups is 2. The number of halogens is 3. The zero-order valence-corrected chi connectivity index (χ0v) is 22.5. The highest BCUT2D eigenvalue weighted by atomic mass is 35.5. The van der Waals surface area contributed by atoms with E-state index in [0.29, 0.717) is 38.7 Å². The molecule has 0 aliphatic heterocycles. The number of anilines is 1. The highest BCUT2D eigenvalue weighted by Gasteiger charge is 2.23. The normalized spacial score (nSPS) is 11.4. The summed E-state index contributed by atoms with van der Waals surface area (Å²) in [7, 11) is 0. The Morgan fingerprint density at radius 1 is 1.00 bits per heavy atom. The molecule has 0 aliphatic carbocycles. The maximum atomic E-state index is 13.1. The van der Waals surface area contributed by atoms with E-state index in [1.807, 2.05) is 33.8 Å². The number of benzene rings is 2. The van der Waals surface area contributed by atoms with E-state index in [9.17, 15) is 9.59 Å². The number of aromatic nitrogens is 2. The smallest absolute Gasteiger partial charge is 0.254 e. The van der Waals surface area contributed by atoms with Crippen LogP contribution in [0.15, 0.2) is 48.5 Å². The highest BCUT2D eigenvalue weighted by molar-refractivity contribution is 6.42. The minimum atomic E-state index is -0.329. The van der Waals surface area contributed by atoms with Gasteiger partial charge in [0.25, 0.3) is 5.91 Å². The molecule has 0 spiro atoms. The molecule has 0 saturated heterocycles. The lowest BCUT2D eigenvalue weighted by molar-refractivity contribution is -0.116. The lowest BCUT2D eigenvalue weighted by Crippen LogP contribution is -2.39. The van der Waals surface area contributed by atoms with Gasteiger partial charge in [-0.15, -0.1) is 0 Å². The lowest BCUT2D eigenvalue weighted by atomic mass is 9.92. The fourth-order valence-corrected chi connectivity index (χ4v) is 3.80. The monoisotopic (exact) mass is 534 g/mol. The van der Waals surface area contributed by atoms with Crippen molar-refractivity contribution in [2.24, 2.45) is 0 Å². The number of amides is 2. The van der Waals surface area contributed by atoms with Crippen LogP contribution >= 0.6 is 34.8 Å². The van der Waals surface area contributed by atoms with Gasteiger partial charge in [0.05, 0.1) is 21.4 Å². The second-order valence-electron chi connectivity index (χ2n) is 9.31. The van der Waals surface area contributed by atoms with Gasteiger partial charge in [-0.1, -0.05) is 68.9 Å². The molecule has 0 bridgehead atoms. The predicted octanol–water partition coefficient (Wildman–Crippen LogP) is 7.01. The zero-order chi connectivity index (χ0) is 25.8. The largest absolute Gasteiger partial charge is 0.329 e. The van der Waals surface area contributed by atoms with Crippen LogP contribution in [-0.2, 0) is 10.2 Å². The summed E-state index contributed by atoms with van der Waals surface area (Å²) in [6.45, 7) is 8.52. The number of nitrogens with zero attached hydrogens (tertiary/aromatic N) is 3. The fourth-order valence-electron chi connectivity index (χ4n) is 3.38. The number of rotatable bonds is 8. The molecule has 2 aromatic carbocycles. The van der Waals surface area contributed by atoms with Crippen LogP contribution in [0.3, 0.4) is 0 Å². The Bertz CT molecular complexity index is 1200. The molecule has 3 rings (SSSR count). The minimum absolute atomic E-state index is 0.0983. The fraction of sp³-hybridized carbons (Fsp3) is 0.346. The van der Waals surface area contributed by atoms with Gasteiger partial charge < -0.3 is 10.2 Å². The molecule has 6 nitrogen and oxygen atoms in total. The molecular formula is C26H29Cl3N4O2. The van der Waals surface area contributed by atoms with Crippen molar-refractivity contribution in [1.29, 1.82) is 0 Å². The molecule has 186 valence electrons. The van der Waals surface area contributed by atoms with Crippen LogP contribution in [0.25, 0.3) is 5.69 Å². The van der Waals surface area contributed by atoms with Crippen LogP contribution in [0, 0.1) is 0 Å². The molecule has 1 N–H and O–H groups in total. The average molecular weight is 536 g/mol. The maximum absolute atomic E-state index is 13.1. The maximum Gasteiger partial charge on any atom is 0.254 e. The molecule has 2 amide bonds. The van der Waals surface area contributed by atoms with E-state index in [2.05, 4.69) is 5.32 Å². The first-order chi connectivity index (χ1) is 16.5. The van der Waals surface area contributed by atoms with Gasteiger partial charge in [-0.3, -0.25) is 9.59 Å². The topological polar surface area (TPSA) is 67.2 Å². The second kappa shape index (κ2) is 11.5. The van der Waals surface area contributed by atoms with Crippen molar-refractivity contribution in [3.8, 4) is 5.69 Å². The van der Waals surface area contributed by atoms with Gasteiger partial charge in [-0.2, -0.15) is 5.10 Å². The van der Waals surface area contributed by atoms with E-state index >= 15 is 0 Å². The van der Waals surface area contributed by atoms with Gasteiger partial charge in [-0.25, -0.2) is 4.68 Å². The van der Waals surface area contributed by atoms with E-state index in [4.69, 9.17) is 39.9 Å². The first kappa shape index (κ1) is 27.1. The Morgan fingerprint density at radius 2 is 1.69 bits per heavy atom. The molecule has 35 heavy (non-hydrogen) atoms. The van der Waals surface area contributed by atoms with E-state index in [-0.39, 0.29) is 23.8 Å². The Morgan fingerprint density at radius 3 is 2.29 bits per heavy atom. The molecule has 0 unspecified atom stereocenters. The van der Waals surface area contributed by atoms with Crippen molar-refractivity contribution in [3.63, 3.8) is 0 Å². The summed E-state index contributed by atoms with van der Waals surface area (Å²) in [5.74, 6) is -0.0728. The summed E-state index contributed by atoms with van der Waals surface area (Å²) in [5.41, 5.74) is 1.68. The van der Waals surface area contributed by atoms with Crippen LogP contribution in [0.4, 0.5) is 5.82 Å². The van der Waals surface area contributed by atoms with Crippen molar-refractivity contribution in [1.82, 2.24) is 14.7 Å². The molecular weight excluding hydrogens is 507 g/mol. The number of hydrogen-bond acceptors (Lipinski definition) is 3. The van der Waals surface area contributed by atoms with Crippen molar-refractivity contribution >= 4 is 52.4 Å². The second-order valence-corrected chi connectivity index (χ2v) is 10.6. The van der Waals surface area contributed by atoms with Crippen molar-refractivity contribution in [3.05, 3.63) is 74.9 Å². The lowest BCUT2D eigenvalue weighted by Gasteiger charge is -2.22. The predicted molar refractivity (Wildman–Crippen MR) is 143 cm³/mol. The Balaban J connectivity index is 1.87. The minimum Gasteiger partial charge on any atom is -0.329 e. The standard InChI is InChI=1S/C26H29Cl3N4O2/c1-5-6-13-32(25(35)17-7-9-18(27)10-8-17)16-24(34)30-23-15-22(26(2,3)4)31-33(23)19-11-12-20(28)21(29)14-19/h7-12,14-15H,5-6,13,16H2,1-4H3,(H,30,34). The Hall–Kier alpha value is -2.54. The summed E-state index contributed by atoms with van der Waals surface area (Å²) in [4.78, 5) is 27.8. The van der Waals surface area contributed by atoms with E-state index in [1.54, 1.807) is 52.0 Å². The number of nitrogens with one attached hydrogen (secondary N) is 1. The van der Waals surface area contributed by atoms with E-state index in [1.165, 1.54) is 0 Å².